The highest BCUT2D eigenvalue weighted by atomic mass is 16.5. The summed E-state index contributed by atoms with van der Waals surface area (Å²) >= 11 is 0. The van der Waals surface area contributed by atoms with Gasteiger partial charge in [0, 0.05) is 6.42 Å². The molecular weight excluding hydrogens is 204 g/mol. The molecule has 0 aliphatic heterocycles. The minimum absolute atomic E-state index is 0.00104. The van der Waals surface area contributed by atoms with E-state index in [2.05, 4.69) is 18.8 Å². The normalized spacial score (nSPS) is 36.9. The Bertz CT molecular complexity index is 366. The SMILES string of the molecule is CC1(C)CC(C)(N=C=O)CC(C)(OC#N)C1. The van der Waals surface area contributed by atoms with Crippen LogP contribution in [0.15, 0.2) is 4.99 Å². The van der Waals surface area contributed by atoms with Crippen molar-refractivity contribution in [2.75, 3.05) is 0 Å². The molecular formula is C12H18N2O2. The maximum atomic E-state index is 10.5. The molecule has 0 aromatic carbocycles. The molecule has 16 heavy (non-hydrogen) atoms. The molecule has 1 fully saturated rings. The largest absolute Gasteiger partial charge is 0.421 e. The number of nitrogens with zero attached hydrogens (tertiary/aromatic N) is 2. The molecule has 0 aromatic rings. The van der Waals surface area contributed by atoms with Crippen LogP contribution in [0.3, 0.4) is 0 Å². The van der Waals surface area contributed by atoms with Gasteiger partial charge in [-0.2, -0.15) is 10.3 Å². The number of nitriles is 1. The Hall–Kier alpha value is -1.33. The van der Waals surface area contributed by atoms with Crippen LogP contribution in [0.2, 0.25) is 0 Å². The van der Waals surface area contributed by atoms with Crippen LogP contribution >= 0.6 is 0 Å². The molecule has 2 unspecified atom stereocenters. The quantitative estimate of drug-likeness (QED) is 0.410. The minimum Gasteiger partial charge on any atom is -0.421 e. The average molecular weight is 222 g/mol. The zero-order chi connectivity index (χ0) is 12.4. The summed E-state index contributed by atoms with van der Waals surface area (Å²) < 4.78 is 5.16. The molecule has 0 aromatic heterocycles. The zero-order valence-corrected chi connectivity index (χ0v) is 10.3. The number of hydrogen-bond acceptors (Lipinski definition) is 4. The molecule has 0 amide bonds. The van der Waals surface area contributed by atoms with E-state index < -0.39 is 11.1 Å². The first-order valence-corrected chi connectivity index (χ1v) is 5.40. The van der Waals surface area contributed by atoms with Crippen molar-refractivity contribution in [3.8, 4) is 6.26 Å². The van der Waals surface area contributed by atoms with Gasteiger partial charge in [0.25, 0.3) is 6.26 Å². The Morgan fingerprint density at radius 2 is 1.81 bits per heavy atom. The number of isocyanates is 1. The Morgan fingerprint density at radius 3 is 2.31 bits per heavy atom. The standard InChI is InChI=1S/C12H18N2O2/c1-10(2)5-11(3,14-9-15)7-12(4,6-10)16-8-13/h5-7H2,1-4H3. The van der Waals surface area contributed by atoms with Crippen molar-refractivity contribution in [1.82, 2.24) is 0 Å². The summed E-state index contributed by atoms with van der Waals surface area (Å²) in [6.07, 6.45) is 5.56. The van der Waals surface area contributed by atoms with E-state index in [1.54, 1.807) is 12.3 Å². The van der Waals surface area contributed by atoms with Gasteiger partial charge in [0.2, 0.25) is 6.08 Å². The Morgan fingerprint density at radius 1 is 1.19 bits per heavy atom. The van der Waals surface area contributed by atoms with Gasteiger partial charge < -0.3 is 4.74 Å². The first kappa shape index (κ1) is 12.7. The number of rotatable bonds is 2. The monoisotopic (exact) mass is 222 g/mol. The third-order valence-corrected chi connectivity index (χ3v) is 3.07. The fraction of sp³-hybridized carbons (Fsp3) is 0.833. The van der Waals surface area contributed by atoms with Crippen molar-refractivity contribution in [2.24, 2.45) is 10.4 Å². The lowest BCUT2D eigenvalue weighted by Gasteiger charge is -2.47. The second kappa shape index (κ2) is 3.92. The van der Waals surface area contributed by atoms with Gasteiger partial charge in [0.05, 0.1) is 5.54 Å². The van der Waals surface area contributed by atoms with Crippen LogP contribution in [0.5, 0.6) is 0 Å². The molecule has 1 aliphatic carbocycles. The molecule has 0 N–H and O–H groups in total. The topological polar surface area (TPSA) is 62.4 Å². The van der Waals surface area contributed by atoms with E-state index in [0.29, 0.717) is 6.42 Å². The Labute approximate surface area is 96.3 Å². The molecule has 0 spiro atoms. The molecule has 1 aliphatic rings. The lowest BCUT2D eigenvalue weighted by atomic mass is 9.63. The zero-order valence-electron chi connectivity index (χ0n) is 10.3. The molecule has 0 radical (unpaired) electrons. The molecule has 0 bridgehead atoms. The summed E-state index contributed by atoms with van der Waals surface area (Å²) in [5.74, 6) is 0. The minimum atomic E-state index is -0.536. The van der Waals surface area contributed by atoms with Crippen LogP contribution in [0.25, 0.3) is 0 Å². The first-order valence-electron chi connectivity index (χ1n) is 5.40. The predicted molar refractivity (Wildman–Crippen MR) is 59.3 cm³/mol. The van der Waals surface area contributed by atoms with Crippen LogP contribution in [0, 0.1) is 16.9 Å². The lowest BCUT2D eigenvalue weighted by molar-refractivity contribution is -0.0527. The maximum absolute atomic E-state index is 10.5. The van der Waals surface area contributed by atoms with E-state index in [4.69, 9.17) is 10.00 Å². The van der Waals surface area contributed by atoms with E-state index in [1.807, 2.05) is 13.8 Å². The Balaban J connectivity index is 3.03. The molecule has 0 heterocycles. The fourth-order valence-corrected chi connectivity index (χ4v) is 3.41. The second-order valence-corrected chi connectivity index (χ2v) is 6.04. The van der Waals surface area contributed by atoms with Gasteiger partial charge in [-0.1, -0.05) is 13.8 Å². The maximum Gasteiger partial charge on any atom is 0.286 e. The number of ether oxygens (including phenoxy) is 1. The fourth-order valence-electron chi connectivity index (χ4n) is 3.41. The lowest BCUT2D eigenvalue weighted by Crippen LogP contribution is -2.48. The number of hydrogen-bond donors (Lipinski definition) is 0. The average Bonchev–Trinajstić information content (AvgIpc) is 1.97. The van der Waals surface area contributed by atoms with Crippen molar-refractivity contribution in [3.63, 3.8) is 0 Å². The highest BCUT2D eigenvalue weighted by Crippen LogP contribution is 2.48. The highest BCUT2D eigenvalue weighted by molar-refractivity contribution is 5.35. The molecule has 1 saturated carbocycles. The van der Waals surface area contributed by atoms with Crippen molar-refractivity contribution >= 4 is 6.08 Å². The summed E-state index contributed by atoms with van der Waals surface area (Å²) in [4.78, 5) is 14.4. The molecule has 88 valence electrons. The second-order valence-electron chi connectivity index (χ2n) is 6.04. The van der Waals surface area contributed by atoms with Crippen molar-refractivity contribution in [3.05, 3.63) is 0 Å². The van der Waals surface area contributed by atoms with Crippen molar-refractivity contribution < 1.29 is 9.53 Å². The van der Waals surface area contributed by atoms with E-state index in [1.165, 1.54) is 0 Å². The van der Waals surface area contributed by atoms with Crippen LogP contribution in [0.4, 0.5) is 0 Å². The van der Waals surface area contributed by atoms with Gasteiger partial charge >= 0.3 is 0 Å². The molecule has 0 saturated heterocycles. The number of carbonyl (C=O) groups excluding carboxylic acids is 1. The van der Waals surface area contributed by atoms with Gasteiger partial charge in [0.15, 0.2) is 0 Å². The molecule has 4 nitrogen and oxygen atoms in total. The van der Waals surface area contributed by atoms with Gasteiger partial charge in [-0.3, -0.25) is 0 Å². The summed E-state index contributed by atoms with van der Waals surface area (Å²) in [6, 6.07) is 0. The van der Waals surface area contributed by atoms with Gasteiger partial charge in [-0.05, 0) is 32.1 Å². The highest BCUT2D eigenvalue weighted by Gasteiger charge is 2.48. The smallest absolute Gasteiger partial charge is 0.286 e. The van der Waals surface area contributed by atoms with E-state index in [9.17, 15) is 4.79 Å². The van der Waals surface area contributed by atoms with Gasteiger partial charge in [-0.15, -0.1) is 0 Å². The van der Waals surface area contributed by atoms with Crippen LogP contribution < -0.4 is 0 Å². The molecule has 2 atom stereocenters. The van der Waals surface area contributed by atoms with Crippen molar-refractivity contribution in [1.29, 1.82) is 5.26 Å². The summed E-state index contributed by atoms with van der Waals surface area (Å²) in [7, 11) is 0. The van der Waals surface area contributed by atoms with Crippen molar-refractivity contribution in [2.45, 2.75) is 58.1 Å². The van der Waals surface area contributed by atoms with E-state index in [0.717, 1.165) is 12.8 Å². The molecule has 1 rings (SSSR count). The van der Waals surface area contributed by atoms with E-state index >= 15 is 0 Å². The van der Waals surface area contributed by atoms with Crippen LogP contribution in [-0.4, -0.2) is 17.2 Å². The van der Waals surface area contributed by atoms with Gasteiger partial charge in [-0.25, -0.2) is 4.79 Å². The summed E-state index contributed by atoms with van der Waals surface area (Å²) in [5.41, 5.74) is -1.01. The van der Waals surface area contributed by atoms with Crippen LogP contribution in [0.1, 0.15) is 47.0 Å². The van der Waals surface area contributed by atoms with E-state index in [-0.39, 0.29) is 5.41 Å². The molecule has 4 heteroatoms. The van der Waals surface area contributed by atoms with Gasteiger partial charge in [0.1, 0.15) is 5.60 Å². The third-order valence-electron chi connectivity index (χ3n) is 3.07. The summed E-state index contributed by atoms with van der Waals surface area (Å²) in [6.45, 7) is 8.01. The number of aliphatic imine (C=N–C) groups is 1. The van der Waals surface area contributed by atoms with Crippen LogP contribution in [-0.2, 0) is 9.53 Å². The first-order chi connectivity index (χ1) is 7.24. The third kappa shape index (κ3) is 2.84. The Kier molecular flexibility index (Phi) is 3.12. The predicted octanol–water partition coefficient (Wildman–Crippen LogP) is 2.55. The summed E-state index contributed by atoms with van der Waals surface area (Å²) in [5, 5.41) is 8.67.